The number of benzene rings is 2. The van der Waals surface area contributed by atoms with Crippen LogP contribution >= 0.6 is 0 Å². The first-order valence-electron chi connectivity index (χ1n) is 10.1. The predicted molar refractivity (Wildman–Crippen MR) is 119 cm³/mol. The van der Waals surface area contributed by atoms with Crippen LogP contribution in [0.2, 0.25) is 0 Å². The maximum atomic E-state index is 12.5. The van der Waals surface area contributed by atoms with Crippen molar-refractivity contribution in [1.29, 1.82) is 5.26 Å². The van der Waals surface area contributed by atoms with Crippen molar-refractivity contribution in [3.05, 3.63) is 81.9 Å². The number of fused-ring (bicyclic) bond motifs is 1. The summed E-state index contributed by atoms with van der Waals surface area (Å²) in [6.45, 7) is 5.60. The number of anilines is 1. The summed E-state index contributed by atoms with van der Waals surface area (Å²) in [6, 6.07) is 15.2. The van der Waals surface area contributed by atoms with Crippen molar-refractivity contribution in [2.75, 3.05) is 11.9 Å². The van der Waals surface area contributed by atoms with Crippen LogP contribution in [0, 0.1) is 32.1 Å². The Morgan fingerprint density at radius 3 is 2.69 bits per heavy atom. The number of H-pyrrole nitrogens is 1. The summed E-state index contributed by atoms with van der Waals surface area (Å²) in [5.74, 6) is 0.173. The lowest BCUT2D eigenvalue weighted by atomic mass is 9.84. The Bertz CT molecular complexity index is 1250. The van der Waals surface area contributed by atoms with Crippen LogP contribution in [0.3, 0.4) is 0 Å². The summed E-state index contributed by atoms with van der Waals surface area (Å²) in [6.07, 6.45) is 0. The molecular formula is C24H23N5O3. The number of nitrogens with zero attached hydrogens (tertiary/aromatic N) is 2. The van der Waals surface area contributed by atoms with E-state index in [4.69, 9.17) is 15.2 Å². The number of para-hydroxylation sites is 1. The van der Waals surface area contributed by atoms with Crippen molar-refractivity contribution in [3.8, 4) is 17.7 Å². The summed E-state index contributed by atoms with van der Waals surface area (Å²) in [5.41, 5.74) is 11.3. The van der Waals surface area contributed by atoms with Crippen molar-refractivity contribution >= 4 is 11.6 Å². The monoisotopic (exact) mass is 429 g/mol. The van der Waals surface area contributed by atoms with Crippen molar-refractivity contribution in [2.24, 2.45) is 5.73 Å². The van der Waals surface area contributed by atoms with Gasteiger partial charge in [-0.05, 0) is 49.6 Å². The molecule has 32 heavy (non-hydrogen) atoms. The number of allylic oxidation sites excluding steroid dienone is 1. The zero-order valence-electron chi connectivity index (χ0n) is 18.0. The van der Waals surface area contributed by atoms with Gasteiger partial charge in [0, 0.05) is 16.9 Å². The third-order valence-corrected chi connectivity index (χ3v) is 5.44. The molecule has 4 rings (SSSR count). The molecule has 2 heterocycles. The molecule has 2 aromatic carbocycles. The van der Waals surface area contributed by atoms with Gasteiger partial charge in [-0.2, -0.15) is 5.26 Å². The number of carbonyl (C=O) groups excluding carboxylic acids is 1. The van der Waals surface area contributed by atoms with Crippen LogP contribution < -0.4 is 20.5 Å². The summed E-state index contributed by atoms with van der Waals surface area (Å²) in [7, 11) is 0. The first-order chi connectivity index (χ1) is 15.4. The van der Waals surface area contributed by atoms with E-state index in [0.29, 0.717) is 17.2 Å². The van der Waals surface area contributed by atoms with Gasteiger partial charge in [-0.3, -0.25) is 9.89 Å². The third-order valence-electron chi connectivity index (χ3n) is 5.44. The molecule has 0 fully saturated rings. The Morgan fingerprint density at radius 2 is 1.97 bits per heavy atom. The fraction of sp³-hybridized carbons (Fsp3) is 0.208. The second-order valence-corrected chi connectivity index (χ2v) is 7.67. The Hall–Kier alpha value is -4.25. The van der Waals surface area contributed by atoms with E-state index in [9.17, 15) is 10.1 Å². The molecule has 0 saturated carbocycles. The van der Waals surface area contributed by atoms with Crippen LogP contribution in [0.5, 0.6) is 11.6 Å². The van der Waals surface area contributed by atoms with Crippen LogP contribution in [-0.2, 0) is 4.79 Å². The summed E-state index contributed by atoms with van der Waals surface area (Å²) >= 11 is 0. The molecule has 1 amide bonds. The molecule has 162 valence electrons. The number of nitriles is 1. The number of hydrogen-bond donors (Lipinski definition) is 3. The number of aromatic amines is 1. The highest BCUT2D eigenvalue weighted by Gasteiger charge is 2.34. The van der Waals surface area contributed by atoms with Gasteiger partial charge in [-0.15, -0.1) is 5.10 Å². The van der Waals surface area contributed by atoms with Gasteiger partial charge in [0.1, 0.15) is 17.4 Å². The molecule has 8 heteroatoms. The first kappa shape index (κ1) is 21.0. The van der Waals surface area contributed by atoms with E-state index in [1.165, 1.54) is 0 Å². The lowest BCUT2D eigenvalue weighted by molar-refractivity contribution is -0.118. The van der Waals surface area contributed by atoms with Crippen LogP contribution in [0.15, 0.2) is 53.9 Å². The SMILES string of the molecule is Cc1cccc(C)c1NC(=O)COc1cccc(C2C(C#N)=C(N)Oc3n[nH]c(C)c32)c1. The Balaban J connectivity index is 1.55. The summed E-state index contributed by atoms with van der Waals surface area (Å²) in [4.78, 5) is 12.5. The Morgan fingerprint density at radius 1 is 1.25 bits per heavy atom. The molecule has 3 aromatic rings. The maximum Gasteiger partial charge on any atom is 0.262 e. The minimum atomic E-state index is -0.450. The number of nitrogens with one attached hydrogen (secondary N) is 2. The van der Waals surface area contributed by atoms with Gasteiger partial charge >= 0.3 is 0 Å². The van der Waals surface area contributed by atoms with Crippen molar-refractivity contribution < 1.29 is 14.3 Å². The molecule has 0 saturated heterocycles. The van der Waals surface area contributed by atoms with Gasteiger partial charge in [0.05, 0.1) is 5.92 Å². The minimum absolute atomic E-state index is 0.0239. The number of rotatable bonds is 5. The highest BCUT2D eigenvalue weighted by Crippen LogP contribution is 2.43. The van der Waals surface area contributed by atoms with Gasteiger partial charge in [0.2, 0.25) is 11.8 Å². The third kappa shape index (κ3) is 3.88. The van der Waals surface area contributed by atoms with Crippen LogP contribution in [-0.4, -0.2) is 22.7 Å². The average molecular weight is 429 g/mol. The topological polar surface area (TPSA) is 126 Å². The fourth-order valence-electron chi connectivity index (χ4n) is 3.85. The molecule has 4 N–H and O–H groups in total. The number of nitrogens with two attached hydrogens (primary N) is 1. The average Bonchev–Trinajstić information content (AvgIpc) is 3.14. The van der Waals surface area contributed by atoms with Crippen molar-refractivity contribution in [3.63, 3.8) is 0 Å². The largest absolute Gasteiger partial charge is 0.484 e. The number of hydrogen-bond acceptors (Lipinski definition) is 6. The zero-order chi connectivity index (χ0) is 22.8. The smallest absolute Gasteiger partial charge is 0.262 e. The van der Waals surface area contributed by atoms with Gasteiger partial charge in [0.15, 0.2) is 6.61 Å². The molecular weight excluding hydrogens is 406 g/mol. The zero-order valence-corrected chi connectivity index (χ0v) is 18.0. The predicted octanol–water partition coefficient (Wildman–Crippen LogP) is 3.57. The highest BCUT2D eigenvalue weighted by molar-refractivity contribution is 5.93. The number of aromatic nitrogens is 2. The summed E-state index contributed by atoms with van der Waals surface area (Å²) < 4.78 is 11.3. The molecule has 0 aliphatic carbocycles. The lowest BCUT2D eigenvalue weighted by Crippen LogP contribution is -2.22. The van der Waals surface area contributed by atoms with E-state index in [1.54, 1.807) is 12.1 Å². The van der Waals surface area contributed by atoms with E-state index in [2.05, 4.69) is 21.6 Å². The van der Waals surface area contributed by atoms with E-state index in [0.717, 1.165) is 33.6 Å². The summed E-state index contributed by atoms with van der Waals surface area (Å²) in [5, 5.41) is 19.6. The van der Waals surface area contributed by atoms with Crippen molar-refractivity contribution in [1.82, 2.24) is 10.2 Å². The molecule has 1 unspecified atom stereocenters. The van der Waals surface area contributed by atoms with Gasteiger partial charge in [-0.1, -0.05) is 30.3 Å². The molecule has 1 aromatic heterocycles. The van der Waals surface area contributed by atoms with Gasteiger partial charge in [0.25, 0.3) is 5.91 Å². The normalized spacial score (nSPS) is 14.9. The van der Waals surface area contributed by atoms with Crippen LogP contribution in [0.25, 0.3) is 0 Å². The highest BCUT2D eigenvalue weighted by atomic mass is 16.5. The first-order valence-corrected chi connectivity index (χ1v) is 10.1. The van der Waals surface area contributed by atoms with Crippen molar-refractivity contribution in [2.45, 2.75) is 26.7 Å². The van der Waals surface area contributed by atoms with E-state index < -0.39 is 5.92 Å². The lowest BCUT2D eigenvalue weighted by Gasteiger charge is -2.24. The van der Waals surface area contributed by atoms with Crippen LogP contribution in [0.1, 0.15) is 33.9 Å². The molecule has 0 spiro atoms. The second kappa shape index (κ2) is 8.47. The van der Waals surface area contributed by atoms with E-state index in [1.807, 2.05) is 51.1 Å². The standard InChI is InChI=1S/C24H23N5O3/c1-13-6-4-7-14(2)22(13)27-19(30)12-31-17-9-5-8-16(10-17)21-18(11-25)23(26)32-24-20(21)15(3)28-29-24/h4-10,21H,12,26H2,1-3H3,(H,27,30)(H,28,29). The number of ether oxygens (including phenoxy) is 2. The van der Waals surface area contributed by atoms with Crippen LogP contribution in [0.4, 0.5) is 5.69 Å². The quantitative estimate of drug-likeness (QED) is 0.569. The Labute approximate surface area is 185 Å². The van der Waals surface area contributed by atoms with E-state index >= 15 is 0 Å². The molecule has 0 bridgehead atoms. The number of aryl methyl sites for hydroxylation is 3. The maximum absolute atomic E-state index is 12.5. The molecule has 1 aliphatic heterocycles. The Kier molecular flexibility index (Phi) is 5.56. The molecule has 1 aliphatic rings. The molecule has 1 atom stereocenters. The molecule has 0 radical (unpaired) electrons. The number of amides is 1. The number of carbonyl (C=O) groups is 1. The van der Waals surface area contributed by atoms with Gasteiger partial charge < -0.3 is 20.5 Å². The second-order valence-electron chi connectivity index (χ2n) is 7.67. The van der Waals surface area contributed by atoms with Gasteiger partial charge in [-0.25, -0.2) is 0 Å². The van der Waals surface area contributed by atoms with E-state index in [-0.39, 0.29) is 18.4 Å². The molecule has 8 nitrogen and oxygen atoms in total. The minimum Gasteiger partial charge on any atom is -0.484 e. The fourth-order valence-corrected chi connectivity index (χ4v) is 3.85.